The fourth-order valence-electron chi connectivity index (χ4n) is 5.41. The molecule has 3 aromatic heterocycles. The van der Waals surface area contributed by atoms with Gasteiger partial charge in [0, 0.05) is 51.9 Å². The Morgan fingerprint density at radius 2 is 1.86 bits per heavy atom. The molecule has 3 N–H and O–H groups in total. The highest BCUT2D eigenvalue weighted by molar-refractivity contribution is 5.97. The first-order valence-electron chi connectivity index (χ1n) is 12.9. The molecule has 0 bridgehead atoms. The van der Waals surface area contributed by atoms with Crippen LogP contribution in [0.5, 0.6) is 0 Å². The topological polar surface area (TPSA) is 70.6 Å². The number of benzene rings is 2. The largest absolute Gasteiger partial charge is 0.382 e. The summed E-state index contributed by atoms with van der Waals surface area (Å²) in [5.74, 6) is -0.232. The van der Waals surface area contributed by atoms with Crippen molar-refractivity contribution in [1.82, 2.24) is 25.1 Å². The van der Waals surface area contributed by atoms with E-state index in [1.807, 2.05) is 30.1 Å². The first-order chi connectivity index (χ1) is 18.0. The van der Waals surface area contributed by atoms with Crippen LogP contribution in [0.4, 0.5) is 10.1 Å². The number of pyridine rings is 1. The van der Waals surface area contributed by atoms with Crippen molar-refractivity contribution in [3.63, 3.8) is 0 Å². The number of nitrogens with zero attached hydrogens (tertiary/aromatic N) is 3. The lowest BCUT2D eigenvalue weighted by atomic mass is 10.0. The highest BCUT2D eigenvalue weighted by Crippen LogP contribution is 2.35. The van der Waals surface area contributed by atoms with Crippen LogP contribution in [0.3, 0.4) is 0 Å². The first kappa shape index (κ1) is 23.4. The van der Waals surface area contributed by atoms with E-state index in [0.29, 0.717) is 12.6 Å². The monoisotopic (exact) mass is 494 g/mol. The zero-order valence-corrected chi connectivity index (χ0v) is 21.2. The number of aromatic amines is 1. The maximum Gasteiger partial charge on any atom is 0.137 e. The molecule has 4 heterocycles. The molecule has 0 unspecified atom stereocenters. The van der Waals surface area contributed by atoms with Crippen molar-refractivity contribution in [1.29, 1.82) is 0 Å². The smallest absolute Gasteiger partial charge is 0.137 e. The highest BCUT2D eigenvalue weighted by Gasteiger charge is 2.18. The van der Waals surface area contributed by atoms with Gasteiger partial charge in [0.15, 0.2) is 0 Å². The summed E-state index contributed by atoms with van der Waals surface area (Å²) < 4.78 is 15.7. The molecule has 0 spiro atoms. The molecule has 2 aromatic carbocycles. The Kier molecular flexibility index (Phi) is 6.22. The van der Waals surface area contributed by atoms with Crippen molar-refractivity contribution in [2.75, 3.05) is 18.4 Å². The number of aromatic nitrogens is 4. The Morgan fingerprint density at radius 1 is 1.03 bits per heavy atom. The van der Waals surface area contributed by atoms with E-state index in [-0.39, 0.29) is 5.82 Å². The molecular formula is C30H31FN6. The molecule has 0 radical (unpaired) electrons. The molecule has 37 heavy (non-hydrogen) atoms. The average Bonchev–Trinajstić information content (AvgIpc) is 3.43. The lowest BCUT2D eigenvalue weighted by Gasteiger charge is -2.24. The van der Waals surface area contributed by atoms with Crippen LogP contribution in [0.25, 0.3) is 33.3 Å². The van der Waals surface area contributed by atoms with Gasteiger partial charge in [0.25, 0.3) is 0 Å². The number of halogens is 1. The summed E-state index contributed by atoms with van der Waals surface area (Å²) >= 11 is 0. The van der Waals surface area contributed by atoms with E-state index in [9.17, 15) is 4.39 Å². The van der Waals surface area contributed by atoms with Gasteiger partial charge in [-0.3, -0.25) is 4.68 Å². The molecule has 0 atom stereocenters. The molecule has 5 aromatic rings. The SMILES string of the molecule is Cc1nn(Cc2cccc(F)c2)c(C)c1-c1c[nH]c2ncc(-c3cccc(NC4CCNCC4)c3)cc12. The second-order valence-corrected chi connectivity index (χ2v) is 9.91. The number of H-pyrrole nitrogens is 1. The molecule has 1 aliphatic rings. The van der Waals surface area contributed by atoms with Crippen molar-refractivity contribution in [3.05, 3.63) is 89.8 Å². The van der Waals surface area contributed by atoms with E-state index in [4.69, 9.17) is 10.1 Å². The third-order valence-corrected chi connectivity index (χ3v) is 7.31. The van der Waals surface area contributed by atoms with Crippen molar-refractivity contribution < 1.29 is 4.39 Å². The molecule has 6 rings (SSSR count). The zero-order chi connectivity index (χ0) is 25.4. The van der Waals surface area contributed by atoms with Crippen LogP contribution in [-0.2, 0) is 6.54 Å². The van der Waals surface area contributed by atoms with E-state index in [0.717, 1.165) is 81.9 Å². The standard InChI is InChI=1S/C30H31FN6/c1-19-29(20(2)37(36-19)18-21-5-3-7-24(31)13-21)28-17-34-30-27(28)15-23(16-33-30)22-6-4-8-26(14-22)35-25-9-11-32-12-10-25/h3-8,13-17,25,32,35H,9-12,18H2,1-2H3,(H,33,34). The Bertz CT molecular complexity index is 1560. The molecule has 1 saturated heterocycles. The summed E-state index contributed by atoms with van der Waals surface area (Å²) in [6.07, 6.45) is 6.21. The fourth-order valence-corrected chi connectivity index (χ4v) is 5.41. The Morgan fingerprint density at radius 3 is 2.70 bits per heavy atom. The molecular weight excluding hydrogens is 463 g/mol. The van der Waals surface area contributed by atoms with E-state index in [2.05, 4.69) is 52.9 Å². The van der Waals surface area contributed by atoms with Crippen molar-refractivity contribution in [3.8, 4) is 22.3 Å². The van der Waals surface area contributed by atoms with Gasteiger partial charge in [-0.15, -0.1) is 0 Å². The van der Waals surface area contributed by atoms with Gasteiger partial charge in [-0.25, -0.2) is 9.37 Å². The normalized spacial score (nSPS) is 14.4. The predicted molar refractivity (Wildman–Crippen MR) is 147 cm³/mol. The van der Waals surface area contributed by atoms with Gasteiger partial charge in [0.1, 0.15) is 11.5 Å². The van der Waals surface area contributed by atoms with Gasteiger partial charge >= 0.3 is 0 Å². The van der Waals surface area contributed by atoms with Crippen LogP contribution in [-0.4, -0.2) is 38.9 Å². The van der Waals surface area contributed by atoms with Crippen LogP contribution >= 0.6 is 0 Å². The Labute approximate surface area is 215 Å². The summed E-state index contributed by atoms with van der Waals surface area (Å²) in [5, 5.41) is 13.0. The van der Waals surface area contributed by atoms with E-state index in [1.54, 1.807) is 12.1 Å². The molecule has 7 heteroatoms. The minimum Gasteiger partial charge on any atom is -0.382 e. The van der Waals surface area contributed by atoms with Gasteiger partial charge in [0.2, 0.25) is 0 Å². The summed E-state index contributed by atoms with van der Waals surface area (Å²) in [6, 6.07) is 18.0. The second-order valence-electron chi connectivity index (χ2n) is 9.91. The van der Waals surface area contributed by atoms with Gasteiger partial charge in [0.05, 0.1) is 12.2 Å². The quantitative estimate of drug-likeness (QED) is 0.268. The van der Waals surface area contributed by atoms with Crippen molar-refractivity contribution >= 4 is 16.7 Å². The molecule has 1 fully saturated rings. The molecule has 0 amide bonds. The molecule has 188 valence electrons. The van der Waals surface area contributed by atoms with E-state index >= 15 is 0 Å². The minimum absolute atomic E-state index is 0.232. The molecule has 0 aliphatic carbocycles. The number of aryl methyl sites for hydroxylation is 1. The number of rotatable bonds is 6. The van der Waals surface area contributed by atoms with Crippen molar-refractivity contribution in [2.24, 2.45) is 0 Å². The van der Waals surface area contributed by atoms with Crippen LogP contribution < -0.4 is 10.6 Å². The number of piperidine rings is 1. The number of anilines is 1. The Hall–Kier alpha value is -3.97. The maximum absolute atomic E-state index is 13.7. The van der Waals surface area contributed by atoms with E-state index in [1.165, 1.54) is 6.07 Å². The van der Waals surface area contributed by atoms with E-state index < -0.39 is 0 Å². The number of hydrogen-bond acceptors (Lipinski definition) is 4. The summed E-state index contributed by atoms with van der Waals surface area (Å²) in [5.41, 5.74) is 9.23. The van der Waals surface area contributed by atoms with Crippen LogP contribution in [0, 0.1) is 19.7 Å². The molecule has 0 saturated carbocycles. The van der Waals surface area contributed by atoms with Crippen LogP contribution in [0.2, 0.25) is 0 Å². The lowest BCUT2D eigenvalue weighted by molar-refractivity contribution is 0.479. The number of fused-ring (bicyclic) bond motifs is 1. The van der Waals surface area contributed by atoms with Gasteiger partial charge < -0.3 is 15.6 Å². The minimum atomic E-state index is -0.232. The van der Waals surface area contributed by atoms with Crippen LogP contribution in [0.1, 0.15) is 29.8 Å². The average molecular weight is 495 g/mol. The van der Waals surface area contributed by atoms with Crippen LogP contribution in [0.15, 0.2) is 67.0 Å². The highest BCUT2D eigenvalue weighted by atomic mass is 19.1. The fraction of sp³-hybridized carbons (Fsp3) is 0.267. The second kappa shape index (κ2) is 9.82. The first-order valence-corrected chi connectivity index (χ1v) is 12.9. The van der Waals surface area contributed by atoms with Gasteiger partial charge in [-0.2, -0.15) is 5.10 Å². The lowest BCUT2D eigenvalue weighted by Crippen LogP contribution is -2.35. The van der Waals surface area contributed by atoms with Gasteiger partial charge in [-0.05, 0) is 81.2 Å². The molecule has 1 aliphatic heterocycles. The van der Waals surface area contributed by atoms with Crippen molar-refractivity contribution in [2.45, 2.75) is 39.3 Å². The van der Waals surface area contributed by atoms with Gasteiger partial charge in [-0.1, -0.05) is 24.3 Å². The molecule has 6 nitrogen and oxygen atoms in total. The third-order valence-electron chi connectivity index (χ3n) is 7.31. The summed E-state index contributed by atoms with van der Waals surface area (Å²) in [7, 11) is 0. The zero-order valence-electron chi connectivity index (χ0n) is 21.2. The summed E-state index contributed by atoms with van der Waals surface area (Å²) in [6.45, 7) is 6.74. The number of nitrogens with one attached hydrogen (secondary N) is 3. The Balaban J connectivity index is 1.33. The number of hydrogen-bond donors (Lipinski definition) is 3. The third kappa shape index (κ3) is 4.74. The summed E-state index contributed by atoms with van der Waals surface area (Å²) in [4.78, 5) is 8.08. The predicted octanol–water partition coefficient (Wildman–Crippen LogP) is 6.06. The maximum atomic E-state index is 13.7.